The van der Waals surface area contributed by atoms with Crippen LogP contribution in [-0.4, -0.2) is 35.4 Å². The van der Waals surface area contributed by atoms with Crippen molar-refractivity contribution in [3.05, 3.63) is 23.8 Å². The van der Waals surface area contributed by atoms with Crippen LogP contribution in [0.2, 0.25) is 0 Å². The van der Waals surface area contributed by atoms with Gasteiger partial charge in [-0.2, -0.15) is 0 Å². The van der Waals surface area contributed by atoms with Gasteiger partial charge in [0, 0.05) is 18.2 Å². The molecule has 0 spiro atoms. The minimum atomic E-state index is -0.530. The smallest absolute Gasteiger partial charge is 0.255 e. The fourth-order valence-electron chi connectivity index (χ4n) is 1.55. The van der Waals surface area contributed by atoms with Gasteiger partial charge in [0.1, 0.15) is 11.5 Å². The Morgan fingerprint density at radius 2 is 2.11 bits per heavy atom. The number of amides is 1. The lowest BCUT2D eigenvalue weighted by atomic mass is 10.0. The molecular weight excluding hydrogens is 234 g/mol. The zero-order valence-corrected chi connectivity index (χ0v) is 10.9. The fraction of sp³-hybridized carbons (Fsp3) is 0.462. The lowest BCUT2D eigenvalue weighted by Gasteiger charge is -2.25. The van der Waals surface area contributed by atoms with Crippen LogP contribution in [0.25, 0.3) is 0 Å². The summed E-state index contributed by atoms with van der Waals surface area (Å²) >= 11 is 0. The second-order valence-corrected chi connectivity index (χ2v) is 4.69. The number of phenolic OH excluding ortho intramolecular Hbond substituents is 1. The number of aliphatic hydroxyl groups excluding tert-OH is 1. The van der Waals surface area contributed by atoms with E-state index in [0.717, 1.165) is 0 Å². The first-order valence-electron chi connectivity index (χ1n) is 5.70. The van der Waals surface area contributed by atoms with Crippen LogP contribution >= 0.6 is 0 Å². The maximum absolute atomic E-state index is 12.0. The Bertz CT molecular complexity index is 429. The second-order valence-electron chi connectivity index (χ2n) is 4.69. The number of aromatic hydroxyl groups is 1. The summed E-state index contributed by atoms with van der Waals surface area (Å²) < 4.78 is 4.94. The standard InChI is InChI=1S/C13H19NO4/c1-13(2,6-7-15)14-12(17)10-5-4-9(18-3)8-11(10)16/h4-5,8,15-16H,6-7H2,1-3H3,(H,14,17). The number of hydrogen-bond acceptors (Lipinski definition) is 4. The summed E-state index contributed by atoms with van der Waals surface area (Å²) in [6.45, 7) is 3.60. The van der Waals surface area contributed by atoms with Crippen molar-refractivity contribution in [2.24, 2.45) is 0 Å². The Hall–Kier alpha value is -1.75. The average molecular weight is 253 g/mol. The van der Waals surface area contributed by atoms with Crippen molar-refractivity contribution in [3.63, 3.8) is 0 Å². The summed E-state index contributed by atoms with van der Waals surface area (Å²) in [5.41, 5.74) is -0.347. The molecule has 0 aliphatic carbocycles. The molecule has 0 fully saturated rings. The third kappa shape index (κ3) is 3.63. The van der Waals surface area contributed by atoms with Gasteiger partial charge in [0.05, 0.1) is 12.7 Å². The average Bonchev–Trinajstić information content (AvgIpc) is 2.27. The molecule has 0 saturated carbocycles. The molecule has 0 aliphatic rings. The molecule has 0 aliphatic heterocycles. The SMILES string of the molecule is COc1ccc(C(=O)NC(C)(C)CCO)c(O)c1. The molecule has 1 rings (SSSR count). The van der Waals surface area contributed by atoms with E-state index < -0.39 is 5.54 Å². The number of phenols is 1. The first-order valence-corrected chi connectivity index (χ1v) is 5.70. The normalized spacial score (nSPS) is 11.1. The molecule has 0 unspecified atom stereocenters. The van der Waals surface area contributed by atoms with Gasteiger partial charge in [0.25, 0.3) is 5.91 Å². The van der Waals surface area contributed by atoms with E-state index in [1.807, 2.05) is 13.8 Å². The summed E-state index contributed by atoms with van der Waals surface area (Å²) in [5, 5.41) is 21.4. The Morgan fingerprint density at radius 1 is 1.44 bits per heavy atom. The van der Waals surface area contributed by atoms with Crippen molar-refractivity contribution in [1.82, 2.24) is 5.32 Å². The fourth-order valence-corrected chi connectivity index (χ4v) is 1.55. The molecule has 0 aromatic heterocycles. The number of nitrogens with one attached hydrogen (secondary N) is 1. The number of carbonyl (C=O) groups is 1. The van der Waals surface area contributed by atoms with Crippen LogP contribution in [0.3, 0.4) is 0 Å². The maximum Gasteiger partial charge on any atom is 0.255 e. The molecule has 1 amide bonds. The van der Waals surface area contributed by atoms with E-state index >= 15 is 0 Å². The quantitative estimate of drug-likeness (QED) is 0.739. The summed E-state index contributed by atoms with van der Waals surface area (Å²) in [7, 11) is 1.48. The van der Waals surface area contributed by atoms with Gasteiger partial charge in [0.15, 0.2) is 0 Å². The molecule has 0 radical (unpaired) electrons. The van der Waals surface area contributed by atoms with E-state index in [-0.39, 0.29) is 23.8 Å². The van der Waals surface area contributed by atoms with Crippen molar-refractivity contribution >= 4 is 5.91 Å². The van der Waals surface area contributed by atoms with Gasteiger partial charge in [-0.15, -0.1) is 0 Å². The van der Waals surface area contributed by atoms with Crippen LogP contribution in [0.5, 0.6) is 11.5 Å². The van der Waals surface area contributed by atoms with Crippen LogP contribution in [-0.2, 0) is 0 Å². The molecule has 100 valence electrons. The Balaban J connectivity index is 2.85. The van der Waals surface area contributed by atoms with E-state index in [0.29, 0.717) is 12.2 Å². The maximum atomic E-state index is 12.0. The molecular formula is C13H19NO4. The summed E-state index contributed by atoms with van der Waals surface area (Å²) in [5.74, 6) is -0.0288. The van der Waals surface area contributed by atoms with E-state index in [1.54, 1.807) is 6.07 Å². The summed E-state index contributed by atoms with van der Waals surface area (Å²) in [6.07, 6.45) is 0.440. The van der Waals surface area contributed by atoms with Crippen LogP contribution < -0.4 is 10.1 Å². The Labute approximate surface area is 106 Å². The van der Waals surface area contributed by atoms with Crippen molar-refractivity contribution in [2.45, 2.75) is 25.8 Å². The van der Waals surface area contributed by atoms with E-state index in [2.05, 4.69) is 5.32 Å². The third-order valence-electron chi connectivity index (χ3n) is 2.64. The number of hydrogen-bond donors (Lipinski definition) is 3. The van der Waals surface area contributed by atoms with Gasteiger partial charge in [0.2, 0.25) is 0 Å². The van der Waals surface area contributed by atoms with Gasteiger partial charge >= 0.3 is 0 Å². The molecule has 3 N–H and O–H groups in total. The number of benzene rings is 1. The molecule has 0 heterocycles. The van der Waals surface area contributed by atoms with Crippen LogP contribution in [0.15, 0.2) is 18.2 Å². The zero-order chi connectivity index (χ0) is 13.8. The van der Waals surface area contributed by atoms with E-state index in [4.69, 9.17) is 9.84 Å². The zero-order valence-electron chi connectivity index (χ0n) is 10.9. The van der Waals surface area contributed by atoms with Crippen molar-refractivity contribution in [3.8, 4) is 11.5 Å². The van der Waals surface area contributed by atoms with Crippen molar-refractivity contribution in [2.75, 3.05) is 13.7 Å². The number of ether oxygens (including phenoxy) is 1. The summed E-state index contributed by atoms with van der Waals surface area (Å²) in [4.78, 5) is 12.0. The van der Waals surface area contributed by atoms with Gasteiger partial charge in [-0.25, -0.2) is 0 Å². The molecule has 5 nitrogen and oxygen atoms in total. The molecule has 1 aromatic rings. The second kappa shape index (κ2) is 5.73. The van der Waals surface area contributed by atoms with E-state index in [9.17, 15) is 9.90 Å². The Kier molecular flexibility index (Phi) is 4.55. The summed E-state index contributed by atoms with van der Waals surface area (Å²) in [6, 6.07) is 4.49. The predicted octanol–water partition coefficient (Wildman–Crippen LogP) is 1.29. The molecule has 5 heteroatoms. The Morgan fingerprint density at radius 3 is 2.61 bits per heavy atom. The van der Waals surface area contributed by atoms with Crippen LogP contribution in [0.1, 0.15) is 30.6 Å². The van der Waals surface area contributed by atoms with Gasteiger partial charge in [-0.3, -0.25) is 4.79 Å². The van der Waals surface area contributed by atoms with Crippen molar-refractivity contribution in [1.29, 1.82) is 0 Å². The molecule has 18 heavy (non-hydrogen) atoms. The monoisotopic (exact) mass is 253 g/mol. The number of aliphatic hydroxyl groups is 1. The molecule has 0 bridgehead atoms. The van der Waals surface area contributed by atoms with Crippen LogP contribution in [0, 0.1) is 0 Å². The first-order chi connectivity index (χ1) is 8.39. The van der Waals surface area contributed by atoms with Crippen LogP contribution in [0.4, 0.5) is 0 Å². The number of rotatable bonds is 5. The molecule has 1 aromatic carbocycles. The van der Waals surface area contributed by atoms with Gasteiger partial charge < -0.3 is 20.3 Å². The highest BCUT2D eigenvalue weighted by atomic mass is 16.5. The van der Waals surface area contributed by atoms with Crippen molar-refractivity contribution < 1.29 is 19.7 Å². The highest BCUT2D eigenvalue weighted by Gasteiger charge is 2.22. The largest absolute Gasteiger partial charge is 0.507 e. The highest BCUT2D eigenvalue weighted by Crippen LogP contribution is 2.24. The lowest BCUT2D eigenvalue weighted by Crippen LogP contribution is -2.44. The highest BCUT2D eigenvalue weighted by molar-refractivity contribution is 5.97. The van der Waals surface area contributed by atoms with E-state index in [1.165, 1.54) is 19.2 Å². The number of methoxy groups -OCH3 is 1. The van der Waals surface area contributed by atoms with Gasteiger partial charge in [-0.05, 0) is 32.4 Å². The van der Waals surface area contributed by atoms with Gasteiger partial charge in [-0.1, -0.05) is 0 Å². The molecule has 0 atom stereocenters. The number of carbonyl (C=O) groups excluding carboxylic acids is 1. The third-order valence-corrected chi connectivity index (χ3v) is 2.64. The first kappa shape index (κ1) is 14.3. The predicted molar refractivity (Wildman–Crippen MR) is 67.9 cm³/mol. The topological polar surface area (TPSA) is 78.8 Å². The minimum Gasteiger partial charge on any atom is -0.507 e. The minimum absolute atomic E-state index is 0.0120. The lowest BCUT2D eigenvalue weighted by molar-refractivity contribution is 0.0897. The molecule has 0 saturated heterocycles.